The standard InChI is InChI=1S/C10H15N3O3/c1-3-16-10-7(11)4-5-8(13-10)12-6-9(14)15-2/h4-5H,3,6,11H2,1-2H3,(H,12,13). The lowest BCUT2D eigenvalue weighted by atomic mass is 10.4. The first kappa shape index (κ1) is 12.1. The minimum atomic E-state index is -0.364. The van der Waals surface area contributed by atoms with Crippen molar-refractivity contribution < 1.29 is 14.3 Å². The quantitative estimate of drug-likeness (QED) is 0.715. The average Bonchev–Trinajstić information content (AvgIpc) is 2.30. The van der Waals surface area contributed by atoms with Crippen LogP contribution in [0.2, 0.25) is 0 Å². The first-order valence-electron chi connectivity index (χ1n) is 4.87. The topological polar surface area (TPSA) is 86.5 Å². The van der Waals surface area contributed by atoms with E-state index in [9.17, 15) is 4.79 Å². The van der Waals surface area contributed by atoms with Crippen molar-refractivity contribution in [3.63, 3.8) is 0 Å². The summed E-state index contributed by atoms with van der Waals surface area (Å²) in [4.78, 5) is 15.0. The lowest BCUT2D eigenvalue weighted by Crippen LogP contribution is -2.16. The lowest BCUT2D eigenvalue weighted by molar-refractivity contribution is -0.138. The van der Waals surface area contributed by atoms with Crippen molar-refractivity contribution in [3.8, 4) is 5.88 Å². The predicted octanol–water partition coefficient (Wildman–Crippen LogP) is 0.647. The van der Waals surface area contributed by atoms with E-state index in [0.717, 1.165) is 0 Å². The van der Waals surface area contributed by atoms with Gasteiger partial charge >= 0.3 is 5.97 Å². The maximum Gasteiger partial charge on any atom is 0.325 e. The van der Waals surface area contributed by atoms with E-state index in [1.165, 1.54) is 7.11 Å². The molecule has 0 aliphatic rings. The summed E-state index contributed by atoms with van der Waals surface area (Å²) >= 11 is 0. The summed E-state index contributed by atoms with van der Waals surface area (Å²) in [5, 5.41) is 2.80. The molecule has 88 valence electrons. The van der Waals surface area contributed by atoms with Gasteiger partial charge in [-0.2, -0.15) is 4.98 Å². The van der Waals surface area contributed by atoms with Crippen LogP contribution in [-0.2, 0) is 9.53 Å². The van der Waals surface area contributed by atoms with Crippen LogP contribution in [0.25, 0.3) is 0 Å². The third kappa shape index (κ3) is 3.30. The molecule has 0 atom stereocenters. The fraction of sp³-hybridized carbons (Fsp3) is 0.400. The molecule has 0 aromatic carbocycles. The molecule has 1 rings (SSSR count). The zero-order valence-electron chi connectivity index (χ0n) is 9.32. The van der Waals surface area contributed by atoms with Gasteiger partial charge < -0.3 is 20.5 Å². The van der Waals surface area contributed by atoms with Crippen LogP contribution in [0.1, 0.15) is 6.92 Å². The van der Waals surface area contributed by atoms with Crippen LogP contribution >= 0.6 is 0 Å². The van der Waals surface area contributed by atoms with Crippen molar-refractivity contribution in [3.05, 3.63) is 12.1 Å². The SMILES string of the molecule is CCOc1nc(NCC(=O)OC)ccc1N. The number of nitrogens with zero attached hydrogens (tertiary/aromatic N) is 1. The van der Waals surface area contributed by atoms with Gasteiger partial charge in [-0.15, -0.1) is 0 Å². The van der Waals surface area contributed by atoms with E-state index >= 15 is 0 Å². The maximum atomic E-state index is 10.9. The fourth-order valence-electron chi connectivity index (χ4n) is 1.04. The van der Waals surface area contributed by atoms with Crippen molar-refractivity contribution in [2.24, 2.45) is 0 Å². The summed E-state index contributed by atoms with van der Waals surface area (Å²) in [7, 11) is 1.33. The number of hydrogen-bond acceptors (Lipinski definition) is 6. The number of pyridine rings is 1. The third-order valence-corrected chi connectivity index (χ3v) is 1.81. The minimum absolute atomic E-state index is 0.0545. The molecule has 0 spiro atoms. The highest BCUT2D eigenvalue weighted by molar-refractivity contribution is 5.74. The summed E-state index contributed by atoms with van der Waals surface area (Å²) < 4.78 is 9.71. The van der Waals surface area contributed by atoms with E-state index in [1.54, 1.807) is 12.1 Å². The molecule has 0 fully saturated rings. The van der Waals surface area contributed by atoms with E-state index in [-0.39, 0.29) is 12.5 Å². The fourth-order valence-corrected chi connectivity index (χ4v) is 1.04. The van der Waals surface area contributed by atoms with Crippen LogP contribution in [-0.4, -0.2) is 31.2 Å². The van der Waals surface area contributed by atoms with Crippen molar-refractivity contribution in [1.29, 1.82) is 0 Å². The molecule has 1 aromatic heterocycles. The Morgan fingerprint density at radius 2 is 2.31 bits per heavy atom. The van der Waals surface area contributed by atoms with Gasteiger partial charge in [0.1, 0.15) is 12.4 Å². The second-order valence-corrected chi connectivity index (χ2v) is 2.95. The van der Waals surface area contributed by atoms with Gasteiger partial charge in [0.05, 0.1) is 19.4 Å². The zero-order chi connectivity index (χ0) is 12.0. The van der Waals surface area contributed by atoms with Crippen LogP contribution in [0, 0.1) is 0 Å². The molecule has 0 radical (unpaired) electrons. The second kappa shape index (κ2) is 5.79. The molecule has 0 bridgehead atoms. The van der Waals surface area contributed by atoms with E-state index in [0.29, 0.717) is 24.0 Å². The van der Waals surface area contributed by atoms with Crippen LogP contribution < -0.4 is 15.8 Å². The van der Waals surface area contributed by atoms with Crippen LogP contribution in [0.3, 0.4) is 0 Å². The molecule has 6 heteroatoms. The summed E-state index contributed by atoms with van der Waals surface area (Å²) in [5.74, 6) is 0.511. The van der Waals surface area contributed by atoms with E-state index in [1.807, 2.05) is 6.92 Å². The number of carbonyl (C=O) groups is 1. The molecule has 1 aromatic rings. The first-order valence-corrected chi connectivity index (χ1v) is 4.87. The summed E-state index contributed by atoms with van der Waals surface area (Å²) in [6.45, 7) is 2.38. The molecule has 1 heterocycles. The highest BCUT2D eigenvalue weighted by atomic mass is 16.5. The largest absolute Gasteiger partial charge is 0.476 e. The molecule has 0 unspecified atom stereocenters. The molecular formula is C10H15N3O3. The summed E-state index contributed by atoms with van der Waals surface area (Å²) in [5.41, 5.74) is 6.11. The number of nitrogens with one attached hydrogen (secondary N) is 1. The van der Waals surface area contributed by atoms with E-state index < -0.39 is 0 Å². The lowest BCUT2D eigenvalue weighted by Gasteiger charge is -2.08. The summed E-state index contributed by atoms with van der Waals surface area (Å²) in [6, 6.07) is 3.33. The smallest absolute Gasteiger partial charge is 0.325 e. The Balaban J connectivity index is 2.67. The highest BCUT2D eigenvalue weighted by Crippen LogP contribution is 2.20. The number of esters is 1. The van der Waals surface area contributed by atoms with Gasteiger partial charge in [-0.05, 0) is 19.1 Å². The molecule has 6 nitrogen and oxygen atoms in total. The highest BCUT2D eigenvalue weighted by Gasteiger charge is 2.05. The molecular weight excluding hydrogens is 210 g/mol. The number of ether oxygens (including phenoxy) is 2. The van der Waals surface area contributed by atoms with Crippen molar-refractivity contribution in [1.82, 2.24) is 4.98 Å². The first-order chi connectivity index (χ1) is 7.67. The molecule has 0 saturated carbocycles. The molecule has 16 heavy (non-hydrogen) atoms. The normalized spacial score (nSPS) is 9.62. The average molecular weight is 225 g/mol. The number of methoxy groups -OCH3 is 1. The molecule has 0 aliphatic heterocycles. The van der Waals surface area contributed by atoms with Crippen LogP contribution in [0.5, 0.6) is 5.88 Å². The molecule has 0 amide bonds. The van der Waals surface area contributed by atoms with Gasteiger partial charge in [-0.25, -0.2) is 0 Å². The van der Waals surface area contributed by atoms with Gasteiger partial charge in [-0.3, -0.25) is 4.79 Å². The number of rotatable bonds is 5. The Morgan fingerprint density at radius 3 is 2.94 bits per heavy atom. The second-order valence-electron chi connectivity index (χ2n) is 2.95. The number of carbonyl (C=O) groups excluding carboxylic acids is 1. The monoisotopic (exact) mass is 225 g/mol. The Kier molecular flexibility index (Phi) is 4.38. The Hall–Kier alpha value is -1.98. The predicted molar refractivity (Wildman–Crippen MR) is 60.3 cm³/mol. The van der Waals surface area contributed by atoms with Crippen LogP contribution in [0.15, 0.2) is 12.1 Å². The van der Waals surface area contributed by atoms with Gasteiger partial charge in [0.25, 0.3) is 0 Å². The van der Waals surface area contributed by atoms with Gasteiger partial charge in [0.2, 0.25) is 5.88 Å². The van der Waals surface area contributed by atoms with E-state index in [2.05, 4.69) is 15.0 Å². The number of aromatic nitrogens is 1. The van der Waals surface area contributed by atoms with E-state index in [4.69, 9.17) is 10.5 Å². The zero-order valence-corrected chi connectivity index (χ0v) is 9.32. The summed E-state index contributed by atoms with van der Waals surface area (Å²) in [6.07, 6.45) is 0. The minimum Gasteiger partial charge on any atom is -0.476 e. The Bertz CT molecular complexity index is 368. The Morgan fingerprint density at radius 1 is 1.56 bits per heavy atom. The van der Waals surface area contributed by atoms with Crippen molar-refractivity contribution in [2.45, 2.75) is 6.92 Å². The van der Waals surface area contributed by atoms with Crippen LogP contribution in [0.4, 0.5) is 11.5 Å². The van der Waals surface area contributed by atoms with Crippen molar-refractivity contribution >= 4 is 17.5 Å². The number of nitrogen functional groups attached to an aromatic ring is 1. The van der Waals surface area contributed by atoms with Gasteiger partial charge in [0, 0.05) is 0 Å². The Labute approximate surface area is 93.8 Å². The number of nitrogens with two attached hydrogens (primary N) is 1. The molecule has 0 aliphatic carbocycles. The molecule has 0 saturated heterocycles. The van der Waals surface area contributed by atoms with Gasteiger partial charge in [-0.1, -0.05) is 0 Å². The maximum absolute atomic E-state index is 10.9. The van der Waals surface area contributed by atoms with Gasteiger partial charge in [0.15, 0.2) is 0 Å². The number of hydrogen-bond donors (Lipinski definition) is 2. The third-order valence-electron chi connectivity index (χ3n) is 1.81. The number of anilines is 2. The van der Waals surface area contributed by atoms with Crippen molar-refractivity contribution in [2.75, 3.05) is 31.3 Å². The molecule has 3 N–H and O–H groups in total.